The third-order valence-corrected chi connectivity index (χ3v) is 5.27. The van der Waals surface area contributed by atoms with E-state index in [1.165, 1.54) is 57.8 Å². The van der Waals surface area contributed by atoms with E-state index >= 15 is 0 Å². The number of unbranched alkanes of at least 4 members (excludes halogenated alkanes) is 6. The molecule has 0 radical (unpaired) electrons. The Balaban J connectivity index is 2.10. The molecule has 1 saturated heterocycles. The largest absolute Gasteiger partial charge is 0.379 e. The van der Waals surface area contributed by atoms with Crippen LogP contribution in [0.25, 0.3) is 0 Å². The third-order valence-electron chi connectivity index (χ3n) is 5.27. The Morgan fingerprint density at radius 1 is 0.815 bits per heavy atom. The molecule has 1 fully saturated rings. The predicted octanol–water partition coefficient (Wildman–Crippen LogP) is 4.96. The van der Waals surface area contributed by atoms with Crippen molar-refractivity contribution in [1.82, 2.24) is 0 Å². The first-order valence-corrected chi connectivity index (χ1v) is 11.1. The molecule has 5 heteroatoms. The molecule has 0 aromatic carbocycles. The van der Waals surface area contributed by atoms with Gasteiger partial charge in [-0.3, -0.25) is 0 Å². The molecule has 27 heavy (non-hydrogen) atoms. The minimum atomic E-state index is -0.260. The van der Waals surface area contributed by atoms with Crippen molar-refractivity contribution in [3.8, 4) is 0 Å². The summed E-state index contributed by atoms with van der Waals surface area (Å²) in [4.78, 5) is 0. The summed E-state index contributed by atoms with van der Waals surface area (Å²) < 4.78 is 26.9. The van der Waals surface area contributed by atoms with Gasteiger partial charge in [-0.15, -0.1) is 0 Å². The molecule has 1 aliphatic rings. The Morgan fingerprint density at radius 3 is 2.15 bits per heavy atom. The number of epoxide rings is 1. The molecule has 1 heterocycles. The van der Waals surface area contributed by atoms with E-state index in [0.29, 0.717) is 12.7 Å². The second kappa shape index (κ2) is 17.9. The van der Waals surface area contributed by atoms with Gasteiger partial charge in [-0.25, -0.2) is 0 Å². The van der Waals surface area contributed by atoms with Crippen LogP contribution in [0.5, 0.6) is 0 Å². The normalized spacial score (nSPS) is 17.6. The molecule has 0 aromatic heterocycles. The molecule has 0 amide bonds. The monoisotopic (exact) mass is 388 g/mol. The van der Waals surface area contributed by atoms with E-state index in [2.05, 4.69) is 6.92 Å². The Hall–Kier alpha value is -0.200. The first kappa shape index (κ1) is 24.8. The van der Waals surface area contributed by atoms with Crippen molar-refractivity contribution in [1.29, 1.82) is 0 Å². The van der Waals surface area contributed by atoms with E-state index in [4.69, 9.17) is 23.7 Å². The average molecular weight is 389 g/mol. The van der Waals surface area contributed by atoms with Crippen molar-refractivity contribution in [2.45, 2.75) is 89.9 Å². The molecule has 2 unspecified atom stereocenters. The third kappa shape index (κ3) is 15.4. The van der Waals surface area contributed by atoms with Crippen LogP contribution in [0.3, 0.4) is 0 Å². The summed E-state index contributed by atoms with van der Waals surface area (Å²) in [5.41, 5.74) is 0. The molecular weight excluding hydrogens is 344 g/mol. The van der Waals surface area contributed by atoms with Crippen LogP contribution >= 0.6 is 0 Å². The zero-order valence-corrected chi connectivity index (χ0v) is 18.1. The van der Waals surface area contributed by atoms with Crippen LogP contribution in [0, 0.1) is 5.92 Å². The summed E-state index contributed by atoms with van der Waals surface area (Å²) in [6, 6.07) is 0. The van der Waals surface area contributed by atoms with Crippen LogP contribution in [0.4, 0.5) is 0 Å². The van der Waals surface area contributed by atoms with Gasteiger partial charge in [0.15, 0.2) is 6.29 Å². The van der Waals surface area contributed by atoms with Crippen LogP contribution < -0.4 is 0 Å². The lowest BCUT2D eigenvalue weighted by Crippen LogP contribution is -2.21. The minimum Gasteiger partial charge on any atom is -0.379 e. The molecule has 0 N–H and O–H groups in total. The summed E-state index contributed by atoms with van der Waals surface area (Å²) in [7, 11) is 3.29. The number of methoxy groups -OCH3 is 2. The van der Waals surface area contributed by atoms with Gasteiger partial charge in [-0.05, 0) is 25.2 Å². The lowest BCUT2D eigenvalue weighted by Gasteiger charge is -2.18. The topological polar surface area (TPSA) is 49.5 Å². The highest BCUT2D eigenvalue weighted by Gasteiger charge is 2.22. The summed E-state index contributed by atoms with van der Waals surface area (Å²) in [5, 5.41) is 0. The summed E-state index contributed by atoms with van der Waals surface area (Å²) in [6.07, 6.45) is 14.5. The second-order valence-corrected chi connectivity index (χ2v) is 7.71. The molecule has 0 saturated carbocycles. The Kier molecular flexibility index (Phi) is 16.4. The Morgan fingerprint density at radius 2 is 1.48 bits per heavy atom. The fourth-order valence-corrected chi connectivity index (χ4v) is 3.34. The van der Waals surface area contributed by atoms with E-state index in [0.717, 1.165) is 45.2 Å². The average Bonchev–Trinajstić information content (AvgIpc) is 3.50. The van der Waals surface area contributed by atoms with Gasteiger partial charge in [0, 0.05) is 27.4 Å². The van der Waals surface area contributed by atoms with Crippen molar-refractivity contribution in [3.05, 3.63) is 0 Å². The van der Waals surface area contributed by atoms with Crippen molar-refractivity contribution >= 4 is 0 Å². The summed E-state index contributed by atoms with van der Waals surface area (Å²) in [5.74, 6) is 0.727. The first-order chi connectivity index (χ1) is 13.3. The van der Waals surface area contributed by atoms with Gasteiger partial charge in [0.05, 0.1) is 19.8 Å². The van der Waals surface area contributed by atoms with Gasteiger partial charge in [0.25, 0.3) is 0 Å². The van der Waals surface area contributed by atoms with Gasteiger partial charge in [-0.1, -0.05) is 58.3 Å². The maximum atomic E-state index is 5.75. The van der Waals surface area contributed by atoms with Crippen molar-refractivity contribution in [2.24, 2.45) is 5.92 Å². The van der Waals surface area contributed by atoms with Gasteiger partial charge < -0.3 is 23.7 Å². The first-order valence-electron chi connectivity index (χ1n) is 11.1. The highest BCUT2D eigenvalue weighted by atomic mass is 16.7. The van der Waals surface area contributed by atoms with Crippen LogP contribution in [0.1, 0.15) is 77.6 Å². The minimum absolute atomic E-state index is 0.260. The van der Waals surface area contributed by atoms with Crippen LogP contribution in [-0.2, 0) is 23.7 Å². The quantitative estimate of drug-likeness (QED) is 0.158. The molecule has 0 bridgehead atoms. The lowest BCUT2D eigenvalue weighted by molar-refractivity contribution is -0.141. The lowest BCUT2D eigenvalue weighted by atomic mass is 9.93. The predicted molar refractivity (Wildman–Crippen MR) is 109 cm³/mol. The van der Waals surface area contributed by atoms with Crippen LogP contribution in [0.2, 0.25) is 0 Å². The van der Waals surface area contributed by atoms with E-state index in [1.807, 2.05) is 0 Å². The van der Waals surface area contributed by atoms with E-state index in [9.17, 15) is 0 Å². The SMILES string of the molecule is CCCCCCCCCC(CCCOCC1CO1)CCOCC(OC)OC. The Labute approximate surface area is 167 Å². The Bertz CT molecular complexity index is 305. The molecule has 162 valence electrons. The molecule has 0 aromatic rings. The molecular formula is C22H44O5. The van der Waals surface area contributed by atoms with Crippen molar-refractivity contribution in [3.63, 3.8) is 0 Å². The number of hydrogen-bond acceptors (Lipinski definition) is 5. The zero-order valence-electron chi connectivity index (χ0n) is 18.1. The number of hydrogen-bond donors (Lipinski definition) is 0. The van der Waals surface area contributed by atoms with Crippen LogP contribution in [0.15, 0.2) is 0 Å². The van der Waals surface area contributed by atoms with Gasteiger partial charge in [0.2, 0.25) is 0 Å². The molecule has 0 aliphatic carbocycles. The van der Waals surface area contributed by atoms with E-state index < -0.39 is 0 Å². The number of ether oxygens (including phenoxy) is 5. The standard InChI is InChI=1S/C22H44O5/c1-4-5-6-7-8-9-10-12-20(13-11-15-25-17-21-18-27-21)14-16-26-19-22(23-2)24-3/h20-22H,4-19H2,1-3H3. The molecule has 1 rings (SSSR count). The van der Waals surface area contributed by atoms with Crippen LogP contribution in [-0.4, -0.2) is 59.6 Å². The summed E-state index contributed by atoms with van der Waals surface area (Å²) in [6.45, 7) is 6.05. The molecule has 5 nitrogen and oxygen atoms in total. The molecule has 2 atom stereocenters. The maximum absolute atomic E-state index is 5.75. The van der Waals surface area contributed by atoms with Crippen molar-refractivity contribution < 1.29 is 23.7 Å². The molecule has 1 aliphatic heterocycles. The molecule has 0 spiro atoms. The second-order valence-electron chi connectivity index (χ2n) is 7.71. The maximum Gasteiger partial charge on any atom is 0.180 e. The highest BCUT2D eigenvalue weighted by Crippen LogP contribution is 2.21. The highest BCUT2D eigenvalue weighted by molar-refractivity contribution is 4.67. The van der Waals surface area contributed by atoms with Gasteiger partial charge in [-0.2, -0.15) is 0 Å². The van der Waals surface area contributed by atoms with E-state index in [-0.39, 0.29) is 6.29 Å². The zero-order chi connectivity index (χ0) is 19.6. The van der Waals surface area contributed by atoms with E-state index in [1.54, 1.807) is 14.2 Å². The fourth-order valence-electron chi connectivity index (χ4n) is 3.34. The van der Waals surface area contributed by atoms with Gasteiger partial charge in [0.1, 0.15) is 6.10 Å². The van der Waals surface area contributed by atoms with Crippen molar-refractivity contribution in [2.75, 3.05) is 47.3 Å². The fraction of sp³-hybridized carbons (Fsp3) is 1.00. The summed E-state index contributed by atoms with van der Waals surface area (Å²) >= 11 is 0. The smallest absolute Gasteiger partial charge is 0.180 e. The number of rotatable bonds is 21. The van der Waals surface area contributed by atoms with Gasteiger partial charge >= 0.3 is 0 Å².